The van der Waals surface area contributed by atoms with Crippen LogP contribution >= 0.6 is 0 Å². The van der Waals surface area contributed by atoms with Crippen LogP contribution in [0.1, 0.15) is 51.0 Å². The van der Waals surface area contributed by atoms with Gasteiger partial charge in [0.1, 0.15) is 5.82 Å². The molecule has 0 saturated carbocycles. The van der Waals surface area contributed by atoms with E-state index in [2.05, 4.69) is 30.3 Å². The van der Waals surface area contributed by atoms with E-state index in [1.807, 2.05) is 11.1 Å². The number of piperidine rings is 1. The summed E-state index contributed by atoms with van der Waals surface area (Å²) in [5.41, 5.74) is 1.23. The molecule has 1 fully saturated rings. The minimum Gasteiger partial charge on any atom is -0.385 e. The van der Waals surface area contributed by atoms with E-state index >= 15 is 0 Å². The summed E-state index contributed by atoms with van der Waals surface area (Å²) in [6.07, 6.45) is 6.87. The Morgan fingerprint density at radius 3 is 2.71 bits per heavy atom. The van der Waals surface area contributed by atoms with Crippen LogP contribution in [0.5, 0.6) is 0 Å². The van der Waals surface area contributed by atoms with Gasteiger partial charge < -0.3 is 14.2 Å². The van der Waals surface area contributed by atoms with Crippen LogP contribution in [-0.2, 0) is 22.5 Å². The Morgan fingerprint density at radius 2 is 2.08 bits per heavy atom. The summed E-state index contributed by atoms with van der Waals surface area (Å²) in [5, 5.41) is 0. The molecule has 2 rings (SSSR count). The fourth-order valence-electron chi connectivity index (χ4n) is 3.47. The van der Waals surface area contributed by atoms with E-state index in [1.54, 1.807) is 7.11 Å². The Morgan fingerprint density at radius 1 is 1.38 bits per heavy atom. The van der Waals surface area contributed by atoms with E-state index < -0.39 is 0 Å². The SMILES string of the molecule is COCCCn1c(C)cnc1CC1CCN(C(=O)CC(C)C)CC1. The number of amides is 1. The van der Waals surface area contributed by atoms with Crippen molar-refractivity contribution in [1.82, 2.24) is 14.5 Å². The normalized spacial score (nSPS) is 16.1. The van der Waals surface area contributed by atoms with Crippen molar-refractivity contribution >= 4 is 5.91 Å². The second kappa shape index (κ2) is 9.21. The molecule has 0 radical (unpaired) electrons. The van der Waals surface area contributed by atoms with Crippen molar-refractivity contribution in [1.29, 1.82) is 0 Å². The third kappa shape index (κ3) is 5.33. The van der Waals surface area contributed by atoms with Crippen molar-refractivity contribution in [3.63, 3.8) is 0 Å². The van der Waals surface area contributed by atoms with Crippen LogP contribution in [0.15, 0.2) is 6.20 Å². The zero-order valence-electron chi connectivity index (χ0n) is 15.8. The molecule has 1 aliphatic heterocycles. The number of aryl methyl sites for hydroxylation is 1. The third-order valence-electron chi connectivity index (χ3n) is 4.89. The molecule has 1 aromatic heterocycles. The lowest BCUT2D eigenvalue weighted by atomic mass is 9.92. The Hall–Kier alpha value is -1.36. The molecule has 0 aliphatic carbocycles. The van der Waals surface area contributed by atoms with Gasteiger partial charge in [-0.2, -0.15) is 0 Å². The summed E-state index contributed by atoms with van der Waals surface area (Å²) in [7, 11) is 1.75. The van der Waals surface area contributed by atoms with Gasteiger partial charge >= 0.3 is 0 Å². The zero-order valence-corrected chi connectivity index (χ0v) is 15.8. The number of carbonyl (C=O) groups is 1. The first-order valence-corrected chi connectivity index (χ1v) is 9.29. The standard InChI is InChI=1S/C19H33N3O2/c1-15(2)12-19(23)21-9-6-17(7-10-21)13-18-20-14-16(3)22(18)8-5-11-24-4/h14-15,17H,5-13H2,1-4H3. The Labute approximate surface area is 146 Å². The molecule has 136 valence electrons. The van der Waals surface area contributed by atoms with E-state index in [4.69, 9.17) is 4.74 Å². The van der Waals surface area contributed by atoms with Crippen molar-refractivity contribution in [2.75, 3.05) is 26.8 Å². The van der Waals surface area contributed by atoms with Crippen LogP contribution < -0.4 is 0 Å². The summed E-state index contributed by atoms with van der Waals surface area (Å²) in [6, 6.07) is 0. The van der Waals surface area contributed by atoms with Crippen molar-refractivity contribution in [2.45, 2.75) is 59.4 Å². The van der Waals surface area contributed by atoms with E-state index in [-0.39, 0.29) is 0 Å². The van der Waals surface area contributed by atoms with Crippen molar-refractivity contribution < 1.29 is 9.53 Å². The maximum atomic E-state index is 12.2. The fourth-order valence-corrected chi connectivity index (χ4v) is 3.47. The number of methoxy groups -OCH3 is 1. The number of nitrogens with zero attached hydrogens (tertiary/aromatic N) is 3. The maximum absolute atomic E-state index is 12.2. The molecule has 0 N–H and O–H groups in total. The largest absolute Gasteiger partial charge is 0.385 e. The van der Waals surface area contributed by atoms with Crippen molar-refractivity contribution in [2.24, 2.45) is 11.8 Å². The molecule has 2 heterocycles. The van der Waals surface area contributed by atoms with Crippen LogP contribution in [-0.4, -0.2) is 47.2 Å². The van der Waals surface area contributed by atoms with Gasteiger partial charge in [-0.3, -0.25) is 4.79 Å². The highest BCUT2D eigenvalue weighted by Gasteiger charge is 2.24. The number of ether oxygens (including phenoxy) is 1. The van der Waals surface area contributed by atoms with Gasteiger partial charge in [0.15, 0.2) is 0 Å². The van der Waals surface area contributed by atoms with E-state index in [1.165, 1.54) is 11.5 Å². The predicted molar refractivity (Wildman–Crippen MR) is 95.9 cm³/mol. The van der Waals surface area contributed by atoms with Gasteiger partial charge in [0, 0.05) is 58.1 Å². The molecule has 0 unspecified atom stereocenters. The molecule has 0 spiro atoms. The number of aromatic nitrogens is 2. The van der Waals surface area contributed by atoms with Crippen LogP contribution in [0, 0.1) is 18.8 Å². The zero-order chi connectivity index (χ0) is 17.5. The van der Waals surface area contributed by atoms with Gasteiger partial charge in [-0.1, -0.05) is 13.8 Å². The minimum atomic E-state index is 0.320. The van der Waals surface area contributed by atoms with Crippen LogP contribution in [0.25, 0.3) is 0 Å². The molecule has 24 heavy (non-hydrogen) atoms. The molecule has 0 atom stereocenters. The highest BCUT2D eigenvalue weighted by molar-refractivity contribution is 5.76. The first-order chi connectivity index (χ1) is 11.5. The van der Waals surface area contributed by atoms with E-state index in [9.17, 15) is 4.79 Å². The summed E-state index contributed by atoms with van der Waals surface area (Å²) < 4.78 is 7.49. The fraction of sp³-hybridized carbons (Fsp3) is 0.789. The van der Waals surface area contributed by atoms with Gasteiger partial charge in [-0.25, -0.2) is 4.98 Å². The molecule has 1 saturated heterocycles. The van der Waals surface area contributed by atoms with Gasteiger partial charge in [-0.15, -0.1) is 0 Å². The lowest BCUT2D eigenvalue weighted by molar-refractivity contribution is -0.133. The summed E-state index contributed by atoms with van der Waals surface area (Å²) >= 11 is 0. The number of imidazole rings is 1. The molecule has 1 aliphatic rings. The Kier molecular flexibility index (Phi) is 7.28. The quantitative estimate of drug-likeness (QED) is 0.686. The number of likely N-dealkylation sites (tertiary alicyclic amines) is 1. The average Bonchev–Trinajstić information content (AvgIpc) is 2.88. The molecule has 1 aromatic rings. The van der Waals surface area contributed by atoms with Gasteiger partial charge in [0.25, 0.3) is 0 Å². The number of hydrogen-bond acceptors (Lipinski definition) is 3. The summed E-state index contributed by atoms with van der Waals surface area (Å²) in [4.78, 5) is 18.8. The average molecular weight is 335 g/mol. The lowest BCUT2D eigenvalue weighted by Crippen LogP contribution is -2.39. The first-order valence-electron chi connectivity index (χ1n) is 9.29. The summed E-state index contributed by atoms with van der Waals surface area (Å²) in [5.74, 6) is 2.59. The maximum Gasteiger partial charge on any atom is 0.222 e. The van der Waals surface area contributed by atoms with Crippen LogP contribution in [0.3, 0.4) is 0 Å². The van der Waals surface area contributed by atoms with E-state index in [0.717, 1.165) is 51.9 Å². The molecule has 5 nitrogen and oxygen atoms in total. The first kappa shape index (κ1) is 19.0. The highest BCUT2D eigenvalue weighted by atomic mass is 16.5. The van der Waals surface area contributed by atoms with Gasteiger partial charge in [0.2, 0.25) is 5.91 Å². The molecule has 0 aromatic carbocycles. The molecule has 5 heteroatoms. The number of hydrogen-bond donors (Lipinski definition) is 0. The van der Waals surface area contributed by atoms with Crippen molar-refractivity contribution in [3.8, 4) is 0 Å². The predicted octanol–water partition coefficient (Wildman–Crippen LogP) is 3.06. The second-order valence-corrected chi connectivity index (χ2v) is 7.44. The molecule has 0 bridgehead atoms. The number of carbonyl (C=O) groups excluding carboxylic acids is 1. The monoisotopic (exact) mass is 335 g/mol. The van der Waals surface area contributed by atoms with E-state index in [0.29, 0.717) is 24.2 Å². The Balaban J connectivity index is 1.84. The number of rotatable bonds is 8. The lowest BCUT2D eigenvalue weighted by Gasteiger charge is -2.32. The highest BCUT2D eigenvalue weighted by Crippen LogP contribution is 2.23. The van der Waals surface area contributed by atoms with Gasteiger partial charge in [-0.05, 0) is 38.0 Å². The Bertz CT molecular complexity index is 517. The smallest absolute Gasteiger partial charge is 0.222 e. The minimum absolute atomic E-state index is 0.320. The summed E-state index contributed by atoms with van der Waals surface area (Å²) in [6.45, 7) is 9.90. The van der Waals surface area contributed by atoms with Crippen LogP contribution in [0.2, 0.25) is 0 Å². The molecular weight excluding hydrogens is 302 g/mol. The van der Waals surface area contributed by atoms with Crippen molar-refractivity contribution in [3.05, 3.63) is 17.7 Å². The second-order valence-electron chi connectivity index (χ2n) is 7.44. The van der Waals surface area contributed by atoms with Gasteiger partial charge in [0.05, 0.1) is 0 Å². The van der Waals surface area contributed by atoms with Crippen LogP contribution in [0.4, 0.5) is 0 Å². The topological polar surface area (TPSA) is 47.4 Å². The molecule has 1 amide bonds. The molecular formula is C19H33N3O2. The third-order valence-corrected chi connectivity index (χ3v) is 4.89.